The van der Waals surface area contributed by atoms with Crippen molar-refractivity contribution in [3.05, 3.63) is 112 Å². The Morgan fingerprint density at radius 3 is 1.87 bits per heavy atom. The summed E-state index contributed by atoms with van der Waals surface area (Å²) in [4.78, 5) is 50.7. The third-order valence-corrected chi connectivity index (χ3v) is 11.4. The molecule has 13 nitrogen and oxygen atoms in total. The molecule has 20 heteroatoms. The fourth-order valence-corrected chi connectivity index (χ4v) is 8.33. The molecule has 2 aliphatic heterocycles. The van der Waals surface area contributed by atoms with Crippen molar-refractivity contribution in [1.82, 2.24) is 9.99 Å². The second kappa shape index (κ2) is 17.4. The van der Waals surface area contributed by atoms with Gasteiger partial charge in [0.25, 0.3) is 5.91 Å². The second-order valence-electron chi connectivity index (χ2n) is 14.2. The number of halogens is 6. The number of hydrogen-bond donors (Lipinski definition) is 3. The predicted octanol–water partition coefficient (Wildman–Crippen LogP) is 8.84. The van der Waals surface area contributed by atoms with Gasteiger partial charge in [-0.25, -0.2) is 9.46 Å². The Balaban J connectivity index is 1.29. The van der Waals surface area contributed by atoms with Crippen molar-refractivity contribution in [3.63, 3.8) is 0 Å². The molecule has 1 unspecified atom stereocenters. The summed E-state index contributed by atoms with van der Waals surface area (Å²) in [6.45, 7) is 8.28. The number of nitriles is 1. The maximum absolute atomic E-state index is 13.7. The SMILES string of the molecule is CC(C)N(C(C)C)P(OCCC#N)Oc1ccc(CNC(=O)c2ccc3c(c2)C2(OC3=O)c3ccc(NC(=O)C(F)(F)F)cc3Oc3cc(NC(=O)C(F)(F)F)ccc32)cc1. The molecule has 4 aromatic carbocycles. The normalized spacial score (nSPS) is 14.3. The van der Waals surface area contributed by atoms with E-state index >= 15 is 0 Å². The Morgan fingerprint density at radius 2 is 1.36 bits per heavy atom. The van der Waals surface area contributed by atoms with Crippen LogP contribution in [0.3, 0.4) is 0 Å². The second-order valence-corrected chi connectivity index (χ2v) is 15.6. The van der Waals surface area contributed by atoms with Crippen molar-refractivity contribution in [2.45, 2.75) is 70.7 Å². The number of anilines is 2. The van der Waals surface area contributed by atoms with E-state index in [2.05, 4.69) is 16.1 Å². The number of hydrogen-bond acceptors (Lipinski definition) is 10. The van der Waals surface area contributed by atoms with Crippen molar-refractivity contribution >= 4 is 43.6 Å². The molecule has 320 valence electrons. The van der Waals surface area contributed by atoms with E-state index in [1.807, 2.05) is 27.7 Å². The van der Waals surface area contributed by atoms with Gasteiger partial charge in [0, 0.05) is 64.4 Å². The van der Waals surface area contributed by atoms with Crippen LogP contribution in [0.15, 0.2) is 78.9 Å². The number of carbonyl (C=O) groups excluding carboxylic acids is 4. The minimum absolute atomic E-state index is 0.0140. The van der Waals surface area contributed by atoms with Gasteiger partial charge < -0.3 is 34.5 Å². The monoisotopic (exact) mass is 871 g/mol. The highest BCUT2D eigenvalue weighted by molar-refractivity contribution is 7.45. The van der Waals surface area contributed by atoms with Gasteiger partial charge in [0.2, 0.25) is 0 Å². The van der Waals surface area contributed by atoms with Gasteiger partial charge in [0.05, 0.1) is 24.7 Å². The first kappa shape index (κ1) is 44.3. The number of esters is 1. The van der Waals surface area contributed by atoms with Gasteiger partial charge in [0.15, 0.2) is 5.60 Å². The van der Waals surface area contributed by atoms with Gasteiger partial charge >= 0.3 is 38.7 Å². The van der Waals surface area contributed by atoms with E-state index in [1.165, 1.54) is 30.3 Å². The Morgan fingerprint density at radius 1 is 0.803 bits per heavy atom. The molecule has 0 aliphatic carbocycles. The van der Waals surface area contributed by atoms with Crippen LogP contribution in [0.5, 0.6) is 17.2 Å². The lowest BCUT2D eigenvalue weighted by Crippen LogP contribution is -2.34. The number of ether oxygens (including phenoxy) is 2. The molecule has 0 radical (unpaired) electrons. The molecule has 0 aromatic heterocycles. The van der Waals surface area contributed by atoms with Gasteiger partial charge in [-0.3, -0.25) is 14.4 Å². The van der Waals surface area contributed by atoms with Crippen LogP contribution in [0, 0.1) is 11.3 Å². The molecule has 0 fully saturated rings. The molecule has 0 saturated carbocycles. The fourth-order valence-electron chi connectivity index (χ4n) is 6.75. The van der Waals surface area contributed by atoms with Crippen LogP contribution in [0.2, 0.25) is 0 Å². The van der Waals surface area contributed by atoms with Gasteiger partial charge in [-0.2, -0.15) is 31.6 Å². The average molecular weight is 872 g/mol. The Hall–Kier alpha value is -6.22. The van der Waals surface area contributed by atoms with Gasteiger partial charge in [0.1, 0.15) is 17.2 Å². The fraction of sp³-hybridized carbons (Fsp3) is 0.293. The summed E-state index contributed by atoms with van der Waals surface area (Å²) in [6.07, 6.45) is -10.3. The summed E-state index contributed by atoms with van der Waals surface area (Å²) in [7, 11) is -1.56. The van der Waals surface area contributed by atoms with Crippen LogP contribution in [-0.4, -0.2) is 59.4 Å². The number of amides is 3. The molecule has 1 spiro atoms. The lowest BCUT2D eigenvalue weighted by Gasteiger charge is -2.37. The number of nitrogens with one attached hydrogen (secondary N) is 3. The molecule has 2 aliphatic rings. The van der Waals surface area contributed by atoms with E-state index < -0.39 is 61.5 Å². The van der Waals surface area contributed by atoms with E-state index in [4.69, 9.17) is 23.8 Å². The van der Waals surface area contributed by atoms with Crippen molar-refractivity contribution in [2.24, 2.45) is 0 Å². The van der Waals surface area contributed by atoms with E-state index in [1.54, 1.807) is 34.9 Å². The lowest BCUT2D eigenvalue weighted by atomic mass is 9.77. The molecule has 0 saturated heterocycles. The van der Waals surface area contributed by atoms with Crippen LogP contribution < -0.4 is 25.2 Å². The highest BCUT2D eigenvalue weighted by Gasteiger charge is 2.54. The average Bonchev–Trinajstić information content (AvgIpc) is 3.47. The standard InChI is InChI=1S/C41H36F6N5O8P/c1-22(2)52(23(3)4)61(57-17-5-16-48)60-28-11-6-24(7-12-28)21-49-35(53)25-8-13-29-32(18-25)39(59-36(29)54)30-14-9-26(50-37(55)40(42,43)44)19-33(30)58-34-20-27(10-15-31(34)39)51-38(56)41(45,46)47/h6-15,18-20,22-23H,5,17,21H2,1-4H3,(H,49,53)(H,50,55)(H,51,56). The Labute approximate surface area is 345 Å². The smallest absolute Gasteiger partial charge is 0.456 e. The molecule has 0 bridgehead atoms. The van der Waals surface area contributed by atoms with Crippen molar-refractivity contribution < 1.29 is 64.0 Å². The van der Waals surface area contributed by atoms with Gasteiger partial charge in [-0.15, -0.1) is 0 Å². The number of benzene rings is 4. The quantitative estimate of drug-likeness (QED) is 0.0511. The molecule has 61 heavy (non-hydrogen) atoms. The summed E-state index contributed by atoms with van der Waals surface area (Å²) in [6, 6.07) is 19.9. The molecule has 4 aromatic rings. The van der Waals surface area contributed by atoms with Crippen molar-refractivity contribution in [3.8, 4) is 23.3 Å². The highest BCUT2D eigenvalue weighted by atomic mass is 31.2. The third kappa shape index (κ3) is 9.41. The molecule has 3 N–H and O–H groups in total. The maximum atomic E-state index is 13.7. The van der Waals surface area contributed by atoms with Gasteiger partial charge in [-0.1, -0.05) is 12.1 Å². The van der Waals surface area contributed by atoms with Crippen LogP contribution in [0.25, 0.3) is 0 Å². The molecular weight excluding hydrogens is 835 g/mol. The minimum atomic E-state index is -5.26. The first-order chi connectivity index (χ1) is 28.7. The van der Waals surface area contributed by atoms with Crippen molar-refractivity contribution in [2.75, 3.05) is 17.2 Å². The van der Waals surface area contributed by atoms with Crippen LogP contribution in [0.4, 0.5) is 37.7 Å². The Bertz CT molecular complexity index is 2320. The first-order valence-corrected chi connectivity index (χ1v) is 19.6. The van der Waals surface area contributed by atoms with Crippen LogP contribution in [-0.2, 0) is 31.0 Å². The first-order valence-electron chi connectivity index (χ1n) is 18.5. The summed E-state index contributed by atoms with van der Waals surface area (Å²) in [5.74, 6) is -6.11. The van der Waals surface area contributed by atoms with Gasteiger partial charge in [-0.05, 0) is 87.9 Å². The number of nitrogens with zero attached hydrogens (tertiary/aromatic N) is 2. The van der Waals surface area contributed by atoms with Crippen molar-refractivity contribution in [1.29, 1.82) is 5.26 Å². The third-order valence-electron chi connectivity index (χ3n) is 9.32. The lowest BCUT2D eigenvalue weighted by molar-refractivity contribution is -0.167. The number of rotatable bonds is 13. The molecular formula is C41H36F6N5O8P. The zero-order chi connectivity index (χ0) is 44.4. The topological polar surface area (TPSA) is 168 Å². The van der Waals surface area contributed by atoms with E-state index in [0.29, 0.717) is 11.3 Å². The number of alkyl halides is 6. The summed E-state index contributed by atoms with van der Waals surface area (Å²) < 4.78 is 105. The van der Waals surface area contributed by atoms with E-state index in [-0.39, 0.29) is 71.0 Å². The number of fused-ring (bicyclic) bond motifs is 6. The van der Waals surface area contributed by atoms with Crippen LogP contribution >= 0.6 is 8.53 Å². The molecule has 6 rings (SSSR count). The van der Waals surface area contributed by atoms with E-state index in [0.717, 1.165) is 24.3 Å². The zero-order valence-corrected chi connectivity index (χ0v) is 33.6. The predicted molar refractivity (Wildman–Crippen MR) is 208 cm³/mol. The summed E-state index contributed by atoms with van der Waals surface area (Å²) in [5.41, 5.74) is -1.88. The Kier molecular flexibility index (Phi) is 12.6. The highest BCUT2D eigenvalue weighted by Crippen LogP contribution is 2.57. The zero-order valence-electron chi connectivity index (χ0n) is 32.7. The summed E-state index contributed by atoms with van der Waals surface area (Å²) >= 11 is 0. The maximum Gasteiger partial charge on any atom is 0.471 e. The molecule has 3 amide bonds. The number of carbonyl (C=O) groups is 4. The molecule has 1 atom stereocenters. The largest absolute Gasteiger partial charge is 0.471 e. The van der Waals surface area contributed by atoms with E-state index in [9.17, 15) is 45.5 Å². The minimum Gasteiger partial charge on any atom is -0.456 e. The van der Waals surface area contributed by atoms with Crippen LogP contribution in [0.1, 0.15) is 77.1 Å². The molecule has 2 heterocycles. The summed E-state index contributed by atoms with van der Waals surface area (Å²) in [5, 5.41) is 15.2.